The standard InChI is InChI=1S/C13H13N3O3/c1-7-13(17)15-11-4-8(2-3-12(11)18-7)10-5-9(6-14)19-16-10/h2-5,7H,6,14H2,1H3,(H,15,17). The predicted molar refractivity (Wildman–Crippen MR) is 68.6 cm³/mol. The number of benzene rings is 1. The average molecular weight is 259 g/mol. The number of ether oxygens (including phenoxy) is 1. The molecule has 3 N–H and O–H groups in total. The van der Waals surface area contributed by atoms with Crippen LogP contribution in [-0.2, 0) is 11.3 Å². The van der Waals surface area contributed by atoms with Crippen molar-refractivity contribution in [1.82, 2.24) is 5.16 Å². The Morgan fingerprint density at radius 2 is 2.26 bits per heavy atom. The van der Waals surface area contributed by atoms with Crippen LogP contribution in [0.2, 0.25) is 0 Å². The van der Waals surface area contributed by atoms with Crippen LogP contribution in [-0.4, -0.2) is 17.2 Å². The molecule has 3 rings (SSSR count). The molecule has 0 saturated carbocycles. The molecular weight excluding hydrogens is 246 g/mol. The van der Waals surface area contributed by atoms with Crippen molar-refractivity contribution in [3.8, 4) is 17.0 Å². The van der Waals surface area contributed by atoms with E-state index in [2.05, 4.69) is 10.5 Å². The van der Waals surface area contributed by atoms with E-state index in [1.165, 1.54) is 0 Å². The van der Waals surface area contributed by atoms with Crippen LogP contribution in [0.15, 0.2) is 28.8 Å². The van der Waals surface area contributed by atoms with Crippen LogP contribution in [0.25, 0.3) is 11.3 Å². The molecule has 19 heavy (non-hydrogen) atoms. The summed E-state index contributed by atoms with van der Waals surface area (Å²) in [5, 5.41) is 6.73. The van der Waals surface area contributed by atoms with E-state index in [1.807, 2.05) is 6.07 Å². The predicted octanol–water partition coefficient (Wildman–Crippen LogP) is 1.52. The molecule has 1 aromatic heterocycles. The maximum atomic E-state index is 11.6. The van der Waals surface area contributed by atoms with Crippen LogP contribution in [0.1, 0.15) is 12.7 Å². The van der Waals surface area contributed by atoms with Crippen LogP contribution < -0.4 is 15.8 Å². The molecule has 2 aromatic rings. The van der Waals surface area contributed by atoms with Gasteiger partial charge in [-0.2, -0.15) is 0 Å². The number of carbonyl (C=O) groups excluding carboxylic acids is 1. The number of amides is 1. The number of nitrogens with one attached hydrogen (secondary N) is 1. The Morgan fingerprint density at radius 1 is 1.42 bits per heavy atom. The number of carbonyl (C=O) groups is 1. The zero-order chi connectivity index (χ0) is 13.4. The second-order valence-electron chi connectivity index (χ2n) is 4.34. The lowest BCUT2D eigenvalue weighted by molar-refractivity contribution is -0.122. The smallest absolute Gasteiger partial charge is 0.265 e. The fourth-order valence-electron chi connectivity index (χ4n) is 1.91. The third-order valence-corrected chi connectivity index (χ3v) is 2.97. The molecule has 1 aliphatic rings. The maximum absolute atomic E-state index is 11.6. The Kier molecular flexibility index (Phi) is 2.72. The van der Waals surface area contributed by atoms with Crippen molar-refractivity contribution < 1.29 is 14.1 Å². The highest BCUT2D eigenvalue weighted by atomic mass is 16.5. The molecule has 0 aliphatic carbocycles. The van der Waals surface area contributed by atoms with Crippen molar-refractivity contribution in [3.05, 3.63) is 30.0 Å². The van der Waals surface area contributed by atoms with E-state index in [0.29, 0.717) is 29.4 Å². The summed E-state index contributed by atoms with van der Waals surface area (Å²) in [6, 6.07) is 7.24. The summed E-state index contributed by atoms with van der Waals surface area (Å²) in [5.41, 5.74) is 7.62. The summed E-state index contributed by atoms with van der Waals surface area (Å²) >= 11 is 0. The molecular formula is C13H13N3O3. The maximum Gasteiger partial charge on any atom is 0.265 e. The first-order valence-corrected chi connectivity index (χ1v) is 5.95. The normalized spacial score (nSPS) is 17.6. The van der Waals surface area contributed by atoms with Gasteiger partial charge in [0, 0.05) is 11.6 Å². The number of aromatic nitrogens is 1. The van der Waals surface area contributed by atoms with Gasteiger partial charge in [0.25, 0.3) is 5.91 Å². The second-order valence-corrected chi connectivity index (χ2v) is 4.34. The Bertz CT molecular complexity index is 636. The SMILES string of the molecule is CC1Oc2ccc(-c3cc(CN)on3)cc2NC1=O. The van der Waals surface area contributed by atoms with Crippen molar-refractivity contribution in [3.63, 3.8) is 0 Å². The zero-order valence-electron chi connectivity index (χ0n) is 10.3. The van der Waals surface area contributed by atoms with Gasteiger partial charge in [0.1, 0.15) is 11.4 Å². The monoisotopic (exact) mass is 259 g/mol. The number of hydrogen-bond donors (Lipinski definition) is 2. The van der Waals surface area contributed by atoms with Gasteiger partial charge in [-0.15, -0.1) is 0 Å². The van der Waals surface area contributed by atoms with Gasteiger partial charge in [-0.1, -0.05) is 5.16 Å². The van der Waals surface area contributed by atoms with Gasteiger partial charge < -0.3 is 20.3 Å². The third-order valence-electron chi connectivity index (χ3n) is 2.97. The Labute approximate surface area is 109 Å². The van der Waals surface area contributed by atoms with Gasteiger partial charge in [-0.3, -0.25) is 4.79 Å². The molecule has 0 fully saturated rings. The first-order valence-electron chi connectivity index (χ1n) is 5.95. The molecule has 0 bridgehead atoms. The first-order chi connectivity index (χ1) is 9.17. The van der Waals surface area contributed by atoms with Gasteiger partial charge in [-0.25, -0.2) is 0 Å². The average Bonchev–Trinajstić information content (AvgIpc) is 2.88. The van der Waals surface area contributed by atoms with E-state index in [-0.39, 0.29) is 5.91 Å². The van der Waals surface area contributed by atoms with Gasteiger partial charge in [0.2, 0.25) is 0 Å². The fourth-order valence-corrected chi connectivity index (χ4v) is 1.91. The molecule has 1 aliphatic heterocycles. The zero-order valence-corrected chi connectivity index (χ0v) is 10.3. The van der Waals surface area contributed by atoms with Crippen LogP contribution in [0, 0.1) is 0 Å². The first kappa shape index (κ1) is 11.7. The molecule has 0 saturated heterocycles. The molecule has 6 nitrogen and oxygen atoms in total. The van der Waals surface area contributed by atoms with Crippen molar-refractivity contribution in [2.45, 2.75) is 19.6 Å². The molecule has 1 unspecified atom stereocenters. The summed E-state index contributed by atoms with van der Waals surface area (Å²) in [6.45, 7) is 2.01. The minimum absolute atomic E-state index is 0.160. The van der Waals surface area contributed by atoms with Crippen molar-refractivity contribution in [2.75, 3.05) is 5.32 Å². The van der Waals surface area contributed by atoms with Gasteiger partial charge >= 0.3 is 0 Å². The molecule has 98 valence electrons. The number of nitrogens with two attached hydrogens (primary N) is 1. The van der Waals surface area contributed by atoms with E-state index in [0.717, 1.165) is 5.56 Å². The molecule has 0 spiro atoms. The van der Waals surface area contributed by atoms with Crippen LogP contribution in [0.4, 0.5) is 5.69 Å². The number of nitrogens with zero attached hydrogens (tertiary/aromatic N) is 1. The lowest BCUT2D eigenvalue weighted by Crippen LogP contribution is -2.34. The van der Waals surface area contributed by atoms with Crippen LogP contribution in [0.3, 0.4) is 0 Å². The Balaban J connectivity index is 1.97. The molecule has 1 atom stereocenters. The molecule has 6 heteroatoms. The van der Waals surface area contributed by atoms with Crippen molar-refractivity contribution in [1.29, 1.82) is 0 Å². The molecule has 2 heterocycles. The Hall–Kier alpha value is -2.34. The molecule has 0 radical (unpaired) electrons. The highest BCUT2D eigenvalue weighted by Gasteiger charge is 2.23. The number of anilines is 1. The van der Waals surface area contributed by atoms with Crippen molar-refractivity contribution >= 4 is 11.6 Å². The topological polar surface area (TPSA) is 90.4 Å². The highest BCUT2D eigenvalue weighted by Crippen LogP contribution is 2.33. The largest absolute Gasteiger partial charge is 0.479 e. The molecule has 1 amide bonds. The number of rotatable bonds is 2. The highest BCUT2D eigenvalue weighted by molar-refractivity contribution is 5.98. The fraction of sp³-hybridized carbons (Fsp3) is 0.231. The van der Waals surface area contributed by atoms with E-state index in [9.17, 15) is 4.79 Å². The number of fused-ring (bicyclic) bond motifs is 1. The summed E-state index contributed by atoms with van der Waals surface area (Å²) in [4.78, 5) is 11.6. The van der Waals surface area contributed by atoms with Gasteiger partial charge in [0.05, 0.1) is 12.2 Å². The van der Waals surface area contributed by atoms with E-state index < -0.39 is 6.10 Å². The lowest BCUT2D eigenvalue weighted by atomic mass is 10.1. The summed E-state index contributed by atoms with van der Waals surface area (Å²) in [7, 11) is 0. The lowest BCUT2D eigenvalue weighted by Gasteiger charge is -2.23. The molecule has 1 aromatic carbocycles. The summed E-state index contributed by atoms with van der Waals surface area (Å²) < 4.78 is 10.5. The summed E-state index contributed by atoms with van der Waals surface area (Å²) in [6.07, 6.45) is -0.478. The second kappa shape index (κ2) is 4.40. The van der Waals surface area contributed by atoms with Gasteiger partial charge in [0.15, 0.2) is 11.9 Å². The van der Waals surface area contributed by atoms with E-state index in [1.54, 1.807) is 25.1 Å². The van der Waals surface area contributed by atoms with Crippen molar-refractivity contribution in [2.24, 2.45) is 5.73 Å². The minimum atomic E-state index is -0.478. The van der Waals surface area contributed by atoms with E-state index >= 15 is 0 Å². The third kappa shape index (κ3) is 2.06. The van der Waals surface area contributed by atoms with Crippen LogP contribution in [0.5, 0.6) is 5.75 Å². The minimum Gasteiger partial charge on any atom is -0.479 e. The summed E-state index contributed by atoms with van der Waals surface area (Å²) in [5.74, 6) is 1.10. The Morgan fingerprint density at radius 3 is 3.00 bits per heavy atom. The number of hydrogen-bond acceptors (Lipinski definition) is 5. The van der Waals surface area contributed by atoms with Crippen LogP contribution >= 0.6 is 0 Å². The quantitative estimate of drug-likeness (QED) is 0.853. The van der Waals surface area contributed by atoms with Gasteiger partial charge in [-0.05, 0) is 25.1 Å². The van der Waals surface area contributed by atoms with E-state index in [4.69, 9.17) is 15.0 Å².